The summed E-state index contributed by atoms with van der Waals surface area (Å²) in [6, 6.07) is 13.2. The van der Waals surface area contributed by atoms with Gasteiger partial charge in [-0.2, -0.15) is 0 Å². The lowest BCUT2D eigenvalue weighted by molar-refractivity contribution is -0.133. The number of nitrogens with zero attached hydrogens (tertiary/aromatic N) is 3. The second-order valence-corrected chi connectivity index (χ2v) is 8.58. The van der Waals surface area contributed by atoms with Gasteiger partial charge in [0.05, 0.1) is 22.6 Å². The van der Waals surface area contributed by atoms with E-state index in [4.69, 9.17) is 4.98 Å². The van der Waals surface area contributed by atoms with E-state index in [9.17, 15) is 9.59 Å². The minimum atomic E-state index is -0.323. The van der Waals surface area contributed by atoms with E-state index < -0.39 is 0 Å². The molecule has 3 aromatic rings. The highest BCUT2D eigenvalue weighted by molar-refractivity contribution is 5.79. The third-order valence-corrected chi connectivity index (χ3v) is 6.14. The highest BCUT2D eigenvalue weighted by atomic mass is 16.2. The van der Waals surface area contributed by atoms with Crippen molar-refractivity contribution in [3.05, 3.63) is 69.8 Å². The second kappa shape index (κ2) is 10.6. The summed E-state index contributed by atoms with van der Waals surface area (Å²) >= 11 is 0. The van der Waals surface area contributed by atoms with Gasteiger partial charge in [-0.05, 0) is 57.9 Å². The Morgan fingerprint density at radius 3 is 2.50 bits per heavy atom. The number of amides is 1. The smallest absolute Gasteiger partial charge is 0.266 e. The molecule has 0 saturated heterocycles. The van der Waals surface area contributed by atoms with Gasteiger partial charge in [-0.15, -0.1) is 0 Å². The van der Waals surface area contributed by atoms with Crippen molar-refractivity contribution in [2.75, 3.05) is 6.54 Å². The molecule has 1 atom stereocenters. The van der Waals surface area contributed by atoms with Crippen LogP contribution in [0.5, 0.6) is 0 Å². The second-order valence-electron chi connectivity index (χ2n) is 8.58. The lowest BCUT2D eigenvalue weighted by Crippen LogP contribution is -2.37. The first-order chi connectivity index (χ1) is 15.4. The number of fused-ring (bicyclic) bond motifs is 1. The number of aryl methyl sites for hydroxylation is 2. The number of aromatic nitrogens is 2. The Hall–Kier alpha value is -2.95. The summed E-state index contributed by atoms with van der Waals surface area (Å²) in [6.07, 6.45) is 4.78. The molecule has 1 aromatic heterocycles. The number of rotatable bonds is 9. The van der Waals surface area contributed by atoms with E-state index in [-0.39, 0.29) is 17.5 Å². The lowest BCUT2D eigenvalue weighted by Gasteiger charge is -2.30. The Kier molecular flexibility index (Phi) is 7.84. The fraction of sp³-hybridized carbons (Fsp3) is 0.444. The van der Waals surface area contributed by atoms with E-state index in [2.05, 4.69) is 13.0 Å². The van der Waals surface area contributed by atoms with Gasteiger partial charge in [-0.1, -0.05) is 56.0 Å². The van der Waals surface area contributed by atoms with Gasteiger partial charge >= 0.3 is 0 Å². The Bertz CT molecular complexity index is 1150. The molecule has 3 rings (SSSR count). The van der Waals surface area contributed by atoms with Gasteiger partial charge in [-0.3, -0.25) is 14.2 Å². The van der Waals surface area contributed by atoms with Crippen LogP contribution in [0.4, 0.5) is 0 Å². The highest BCUT2D eigenvalue weighted by Crippen LogP contribution is 2.25. The van der Waals surface area contributed by atoms with Gasteiger partial charge in [0.25, 0.3) is 5.56 Å². The molecule has 0 bridgehead atoms. The molecule has 32 heavy (non-hydrogen) atoms. The maximum Gasteiger partial charge on any atom is 0.266 e. The minimum Gasteiger partial charge on any atom is -0.333 e. The van der Waals surface area contributed by atoms with Crippen molar-refractivity contribution < 1.29 is 4.79 Å². The lowest BCUT2D eigenvalue weighted by atomic mass is 10.1. The van der Waals surface area contributed by atoms with Gasteiger partial charge in [0.15, 0.2) is 0 Å². The zero-order chi connectivity index (χ0) is 23.3. The molecule has 0 aliphatic carbocycles. The number of carbonyl (C=O) groups is 1. The van der Waals surface area contributed by atoms with Crippen LogP contribution in [0.15, 0.2) is 47.3 Å². The zero-order valence-electron chi connectivity index (χ0n) is 20.0. The van der Waals surface area contributed by atoms with Crippen molar-refractivity contribution in [3.8, 4) is 5.69 Å². The summed E-state index contributed by atoms with van der Waals surface area (Å²) < 4.78 is 1.70. The molecular weight excluding hydrogens is 398 g/mol. The molecule has 170 valence electrons. The average molecular weight is 434 g/mol. The largest absolute Gasteiger partial charge is 0.333 e. The van der Waals surface area contributed by atoms with Crippen LogP contribution in [0.25, 0.3) is 16.6 Å². The molecule has 0 saturated carbocycles. The molecule has 0 fully saturated rings. The molecule has 5 heteroatoms. The maximum atomic E-state index is 13.6. The number of hydrogen-bond acceptors (Lipinski definition) is 3. The molecule has 1 heterocycles. The van der Waals surface area contributed by atoms with Gasteiger partial charge in [-0.25, -0.2) is 4.98 Å². The van der Waals surface area contributed by atoms with E-state index >= 15 is 0 Å². The van der Waals surface area contributed by atoms with Gasteiger partial charge in [0.2, 0.25) is 5.91 Å². The number of hydrogen-bond donors (Lipinski definition) is 0. The van der Waals surface area contributed by atoms with Gasteiger partial charge in [0.1, 0.15) is 5.82 Å². The van der Waals surface area contributed by atoms with E-state index in [1.165, 1.54) is 0 Å². The molecular formula is C27H35N3O2. The standard InChI is InChI=1S/C27H35N3O2/c1-6-8-9-10-15-25(31)29(7-2)21(5)26-28-23-14-12-11-13-22(23)27(32)30(26)24-17-16-19(3)18-20(24)4/h11-14,16-18,21H,6-10,15H2,1-5H3/t21-/m1/s1. The third-order valence-electron chi connectivity index (χ3n) is 6.14. The summed E-state index contributed by atoms with van der Waals surface area (Å²) in [5.74, 6) is 0.718. The third kappa shape index (κ3) is 4.93. The molecule has 5 nitrogen and oxygen atoms in total. The summed E-state index contributed by atoms with van der Waals surface area (Å²) in [5.41, 5.74) is 3.52. The summed E-state index contributed by atoms with van der Waals surface area (Å²) in [4.78, 5) is 33.5. The predicted octanol–water partition coefficient (Wildman–Crippen LogP) is 5.88. The van der Waals surface area contributed by atoms with Crippen LogP contribution in [0.1, 0.15) is 75.9 Å². The summed E-state index contributed by atoms with van der Waals surface area (Å²) in [7, 11) is 0. The van der Waals surface area contributed by atoms with Crippen LogP contribution >= 0.6 is 0 Å². The highest BCUT2D eigenvalue weighted by Gasteiger charge is 2.26. The van der Waals surface area contributed by atoms with Crippen LogP contribution in [0.2, 0.25) is 0 Å². The minimum absolute atomic E-state index is 0.101. The zero-order valence-corrected chi connectivity index (χ0v) is 20.0. The number of carbonyl (C=O) groups excluding carboxylic acids is 1. The average Bonchev–Trinajstić information content (AvgIpc) is 2.78. The monoisotopic (exact) mass is 433 g/mol. The van der Waals surface area contributed by atoms with E-state index in [0.29, 0.717) is 29.7 Å². The first-order valence-electron chi connectivity index (χ1n) is 11.8. The fourth-order valence-electron chi connectivity index (χ4n) is 4.37. The van der Waals surface area contributed by atoms with Crippen molar-refractivity contribution in [2.24, 2.45) is 0 Å². The fourth-order valence-corrected chi connectivity index (χ4v) is 4.37. The molecule has 0 aliphatic rings. The van der Waals surface area contributed by atoms with Crippen molar-refractivity contribution in [1.29, 1.82) is 0 Å². The molecule has 2 aromatic carbocycles. The van der Waals surface area contributed by atoms with E-state index in [0.717, 1.165) is 42.5 Å². The summed E-state index contributed by atoms with van der Waals surface area (Å²) in [5, 5.41) is 0.581. The van der Waals surface area contributed by atoms with Crippen molar-refractivity contribution in [1.82, 2.24) is 14.5 Å². The molecule has 0 spiro atoms. The van der Waals surface area contributed by atoms with Crippen LogP contribution in [-0.2, 0) is 4.79 Å². The van der Waals surface area contributed by atoms with Crippen molar-refractivity contribution in [3.63, 3.8) is 0 Å². The Balaban J connectivity index is 2.11. The van der Waals surface area contributed by atoms with E-state index in [1.54, 1.807) is 4.57 Å². The quantitative estimate of drug-likeness (QED) is 0.396. The van der Waals surface area contributed by atoms with Crippen LogP contribution in [0, 0.1) is 13.8 Å². The number of para-hydroxylation sites is 1. The molecule has 0 aliphatic heterocycles. The van der Waals surface area contributed by atoms with Gasteiger partial charge in [0, 0.05) is 13.0 Å². The predicted molar refractivity (Wildman–Crippen MR) is 131 cm³/mol. The molecule has 0 radical (unpaired) electrons. The molecule has 0 unspecified atom stereocenters. The van der Waals surface area contributed by atoms with Crippen molar-refractivity contribution in [2.45, 2.75) is 72.8 Å². The number of unbranched alkanes of at least 4 members (excludes halogenated alkanes) is 3. The van der Waals surface area contributed by atoms with Crippen LogP contribution < -0.4 is 5.56 Å². The first-order valence-corrected chi connectivity index (χ1v) is 11.8. The van der Waals surface area contributed by atoms with E-state index in [1.807, 2.05) is 69.0 Å². The SMILES string of the molecule is CCCCCCC(=O)N(CC)[C@H](C)c1nc2ccccc2c(=O)n1-c1ccc(C)cc1C. The van der Waals surface area contributed by atoms with Crippen LogP contribution in [-0.4, -0.2) is 26.9 Å². The Labute approximate surface area is 191 Å². The first kappa shape index (κ1) is 23.7. The van der Waals surface area contributed by atoms with Crippen LogP contribution in [0.3, 0.4) is 0 Å². The summed E-state index contributed by atoms with van der Waals surface area (Å²) in [6.45, 7) is 10.8. The Morgan fingerprint density at radius 1 is 1.06 bits per heavy atom. The number of benzene rings is 2. The molecule has 1 amide bonds. The van der Waals surface area contributed by atoms with Crippen molar-refractivity contribution >= 4 is 16.8 Å². The maximum absolute atomic E-state index is 13.6. The normalized spacial score (nSPS) is 12.2. The van der Waals surface area contributed by atoms with Gasteiger partial charge < -0.3 is 4.90 Å². The molecule has 0 N–H and O–H groups in total. The Morgan fingerprint density at radius 2 is 1.81 bits per heavy atom. The topological polar surface area (TPSA) is 55.2 Å².